The molecule has 1 aromatic carbocycles. The number of fused-ring (bicyclic) bond motifs is 1. The number of hydrogen-bond acceptors (Lipinski definition) is 5. The first-order valence-corrected chi connectivity index (χ1v) is 6.84. The SMILES string of the molecule is NC(=O)C(NC(=O)CCn1c(=O)oc2cc(Cl)ccc21)C(N)=O. The van der Waals surface area contributed by atoms with Crippen molar-refractivity contribution in [3.05, 3.63) is 33.8 Å². The average molecular weight is 341 g/mol. The van der Waals surface area contributed by atoms with E-state index in [1.54, 1.807) is 12.1 Å². The van der Waals surface area contributed by atoms with Gasteiger partial charge in [-0.2, -0.15) is 0 Å². The van der Waals surface area contributed by atoms with Gasteiger partial charge in [0, 0.05) is 24.1 Å². The Kier molecular flexibility index (Phi) is 4.70. The van der Waals surface area contributed by atoms with Crippen LogP contribution in [0.25, 0.3) is 11.1 Å². The lowest BCUT2D eigenvalue weighted by molar-refractivity contribution is -0.134. The first-order valence-electron chi connectivity index (χ1n) is 6.46. The minimum absolute atomic E-state index is 0.0243. The molecule has 9 nitrogen and oxygen atoms in total. The third kappa shape index (κ3) is 3.69. The van der Waals surface area contributed by atoms with Gasteiger partial charge < -0.3 is 21.2 Å². The second-order valence-corrected chi connectivity index (χ2v) is 5.12. The molecule has 23 heavy (non-hydrogen) atoms. The Bertz CT molecular complexity index is 826. The Hall–Kier alpha value is -2.81. The van der Waals surface area contributed by atoms with E-state index in [4.69, 9.17) is 27.5 Å². The molecule has 10 heteroatoms. The highest BCUT2D eigenvalue weighted by molar-refractivity contribution is 6.31. The van der Waals surface area contributed by atoms with E-state index in [1.165, 1.54) is 10.6 Å². The highest BCUT2D eigenvalue weighted by Crippen LogP contribution is 2.18. The number of oxazole rings is 1. The van der Waals surface area contributed by atoms with Crippen LogP contribution in [0.3, 0.4) is 0 Å². The lowest BCUT2D eigenvalue weighted by Gasteiger charge is -2.11. The monoisotopic (exact) mass is 340 g/mol. The van der Waals surface area contributed by atoms with E-state index in [-0.39, 0.29) is 18.5 Å². The summed E-state index contributed by atoms with van der Waals surface area (Å²) in [7, 11) is 0. The summed E-state index contributed by atoms with van der Waals surface area (Å²) in [5.41, 5.74) is 10.7. The van der Waals surface area contributed by atoms with Gasteiger partial charge in [-0.3, -0.25) is 19.0 Å². The van der Waals surface area contributed by atoms with Crippen LogP contribution in [0, 0.1) is 0 Å². The zero-order chi connectivity index (χ0) is 17.1. The van der Waals surface area contributed by atoms with E-state index in [2.05, 4.69) is 5.32 Å². The predicted molar refractivity (Wildman–Crippen MR) is 80.4 cm³/mol. The molecule has 0 saturated heterocycles. The van der Waals surface area contributed by atoms with Crippen LogP contribution in [-0.4, -0.2) is 28.3 Å². The van der Waals surface area contributed by atoms with E-state index in [0.717, 1.165) is 0 Å². The fourth-order valence-electron chi connectivity index (χ4n) is 1.98. The number of nitrogens with two attached hydrogens (primary N) is 2. The molecule has 1 aromatic heterocycles. The molecule has 0 aliphatic rings. The van der Waals surface area contributed by atoms with Crippen LogP contribution in [-0.2, 0) is 20.9 Å². The van der Waals surface area contributed by atoms with Gasteiger partial charge in [0.1, 0.15) is 0 Å². The van der Waals surface area contributed by atoms with Gasteiger partial charge in [0.2, 0.25) is 17.7 Å². The summed E-state index contributed by atoms with van der Waals surface area (Å²) in [6.07, 6.45) is -0.186. The molecular formula is C13H13ClN4O5. The molecule has 1 heterocycles. The van der Waals surface area contributed by atoms with E-state index >= 15 is 0 Å². The largest absolute Gasteiger partial charge is 0.419 e. The number of amides is 3. The van der Waals surface area contributed by atoms with Gasteiger partial charge in [-0.05, 0) is 12.1 Å². The van der Waals surface area contributed by atoms with Gasteiger partial charge in [0.05, 0.1) is 5.52 Å². The Morgan fingerprint density at radius 1 is 1.26 bits per heavy atom. The van der Waals surface area contributed by atoms with Gasteiger partial charge in [0.25, 0.3) is 0 Å². The molecule has 0 atom stereocenters. The summed E-state index contributed by atoms with van der Waals surface area (Å²) >= 11 is 5.80. The van der Waals surface area contributed by atoms with E-state index in [0.29, 0.717) is 10.5 Å². The van der Waals surface area contributed by atoms with Gasteiger partial charge in [-0.1, -0.05) is 11.6 Å². The van der Waals surface area contributed by atoms with Gasteiger partial charge in [-0.15, -0.1) is 0 Å². The minimum atomic E-state index is -1.60. The molecular weight excluding hydrogens is 328 g/mol. The number of aryl methyl sites for hydroxylation is 1. The van der Waals surface area contributed by atoms with Crippen molar-refractivity contribution in [2.45, 2.75) is 19.0 Å². The van der Waals surface area contributed by atoms with Crippen LogP contribution >= 0.6 is 11.6 Å². The van der Waals surface area contributed by atoms with Crippen LogP contribution in [0.1, 0.15) is 6.42 Å². The maximum absolute atomic E-state index is 11.8. The number of nitrogens with one attached hydrogen (secondary N) is 1. The summed E-state index contributed by atoms with van der Waals surface area (Å²) in [5.74, 6) is -3.45. The fourth-order valence-corrected chi connectivity index (χ4v) is 2.14. The third-order valence-electron chi connectivity index (χ3n) is 3.07. The van der Waals surface area contributed by atoms with Crippen molar-refractivity contribution in [1.29, 1.82) is 0 Å². The third-order valence-corrected chi connectivity index (χ3v) is 3.30. The second-order valence-electron chi connectivity index (χ2n) is 4.69. The number of nitrogens with zero attached hydrogens (tertiary/aromatic N) is 1. The van der Waals surface area contributed by atoms with Gasteiger partial charge in [0.15, 0.2) is 11.6 Å². The molecule has 0 spiro atoms. The van der Waals surface area contributed by atoms with Crippen molar-refractivity contribution in [1.82, 2.24) is 9.88 Å². The number of aromatic nitrogens is 1. The lowest BCUT2D eigenvalue weighted by Crippen LogP contribution is -2.52. The van der Waals surface area contributed by atoms with Crippen LogP contribution < -0.4 is 22.5 Å². The Morgan fingerprint density at radius 2 is 1.91 bits per heavy atom. The number of halogens is 1. The average Bonchev–Trinajstić information content (AvgIpc) is 2.76. The number of carbonyl (C=O) groups excluding carboxylic acids is 3. The zero-order valence-electron chi connectivity index (χ0n) is 11.7. The van der Waals surface area contributed by atoms with E-state index < -0.39 is 29.5 Å². The fraction of sp³-hybridized carbons (Fsp3) is 0.231. The molecule has 2 aromatic rings. The number of rotatable bonds is 6. The van der Waals surface area contributed by atoms with Gasteiger partial charge in [-0.25, -0.2) is 4.79 Å². The quantitative estimate of drug-likeness (QED) is 0.582. The number of benzene rings is 1. The molecule has 0 unspecified atom stereocenters. The van der Waals surface area contributed by atoms with E-state index in [1.807, 2.05) is 0 Å². The molecule has 5 N–H and O–H groups in total. The topological polar surface area (TPSA) is 150 Å². The normalized spacial score (nSPS) is 10.9. The van der Waals surface area contributed by atoms with Crippen LogP contribution in [0.2, 0.25) is 5.02 Å². The predicted octanol–water partition coefficient (Wildman–Crippen LogP) is -0.907. The van der Waals surface area contributed by atoms with Gasteiger partial charge >= 0.3 is 5.76 Å². The van der Waals surface area contributed by atoms with Crippen LogP contribution in [0.15, 0.2) is 27.4 Å². The van der Waals surface area contributed by atoms with Crippen molar-refractivity contribution in [3.8, 4) is 0 Å². The maximum Gasteiger partial charge on any atom is 0.419 e. The highest BCUT2D eigenvalue weighted by Gasteiger charge is 2.23. The van der Waals surface area contributed by atoms with Crippen molar-refractivity contribution < 1.29 is 18.8 Å². The highest BCUT2D eigenvalue weighted by atomic mass is 35.5. The number of hydrogen-bond donors (Lipinski definition) is 3. The molecule has 0 bridgehead atoms. The first-order chi connectivity index (χ1) is 10.8. The molecule has 3 amide bonds. The molecule has 122 valence electrons. The molecule has 0 saturated carbocycles. The maximum atomic E-state index is 11.8. The molecule has 0 aliphatic heterocycles. The molecule has 0 radical (unpaired) electrons. The minimum Gasteiger partial charge on any atom is -0.408 e. The number of carbonyl (C=O) groups is 3. The van der Waals surface area contributed by atoms with Crippen LogP contribution in [0.5, 0.6) is 0 Å². The summed E-state index contributed by atoms with van der Waals surface area (Å²) in [4.78, 5) is 45.5. The number of primary amides is 2. The summed E-state index contributed by atoms with van der Waals surface area (Å²) in [5, 5.41) is 2.50. The first kappa shape index (κ1) is 16.6. The van der Waals surface area contributed by atoms with E-state index in [9.17, 15) is 19.2 Å². The smallest absolute Gasteiger partial charge is 0.408 e. The van der Waals surface area contributed by atoms with Crippen molar-refractivity contribution >= 4 is 40.4 Å². The van der Waals surface area contributed by atoms with Crippen molar-refractivity contribution in [2.75, 3.05) is 0 Å². The Morgan fingerprint density at radius 3 is 2.52 bits per heavy atom. The molecule has 0 fully saturated rings. The second kappa shape index (κ2) is 6.53. The standard InChI is InChI=1S/C13H13ClN4O5/c14-6-1-2-7-8(5-6)23-13(22)18(7)4-3-9(19)17-10(11(15)20)12(16)21/h1-2,5,10H,3-4H2,(H2,15,20)(H2,16,21)(H,17,19). The summed E-state index contributed by atoms with van der Waals surface area (Å²) in [6, 6.07) is 3.03. The summed E-state index contributed by atoms with van der Waals surface area (Å²) in [6.45, 7) is -0.0243. The van der Waals surface area contributed by atoms with Crippen LogP contribution in [0.4, 0.5) is 0 Å². The zero-order valence-corrected chi connectivity index (χ0v) is 12.5. The molecule has 0 aliphatic carbocycles. The Labute approximate surface area is 134 Å². The Balaban J connectivity index is 2.10. The van der Waals surface area contributed by atoms with Crippen molar-refractivity contribution in [3.63, 3.8) is 0 Å². The summed E-state index contributed by atoms with van der Waals surface area (Å²) < 4.78 is 6.24. The molecule has 2 rings (SSSR count). The van der Waals surface area contributed by atoms with Crippen molar-refractivity contribution in [2.24, 2.45) is 11.5 Å². The lowest BCUT2D eigenvalue weighted by atomic mass is 10.2.